The number of ketones is 1. The van der Waals surface area contributed by atoms with E-state index < -0.39 is 12.2 Å². The molecule has 1 saturated heterocycles. The highest BCUT2D eigenvalue weighted by Crippen LogP contribution is 2.20. The van der Waals surface area contributed by atoms with E-state index in [-0.39, 0.29) is 24.5 Å². The Morgan fingerprint density at radius 1 is 1.59 bits per heavy atom. The Morgan fingerprint density at radius 3 is 2.82 bits per heavy atom. The molecule has 1 rings (SSSR count). The third-order valence-corrected chi connectivity index (χ3v) is 2.53. The fraction of sp³-hybridized carbons (Fsp3) is 0.417. The number of Topliss-reactive ketones (excluding diaryl/α,β-unsaturated/α-hetero) is 1. The number of alkyl halides is 1. The first-order valence-corrected chi connectivity index (χ1v) is 5.34. The zero-order valence-corrected chi connectivity index (χ0v) is 9.67. The van der Waals surface area contributed by atoms with Crippen molar-refractivity contribution in [2.24, 2.45) is 4.99 Å². The number of amides is 1. The van der Waals surface area contributed by atoms with E-state index in [1.54, 1.807) is 13.0 Å². The van der Waals surface area contributed by atoms with E-state index in [1.165, 1.54) is 17.2 Å². The summed E-state index contributed by atoms with van der Waals surface area (Å²) < 4.78 is 13.2. The Balaban J connectivity index is 2.90. The van der Waals surface area contributed by atoms with Crippen LogP contribution in [-0.4, -0.2) is 41.6 Å². The van der Waals surface area contributed by atoms with E-state index in [2.05, 4.69) is 11.6 Å². The lowest BCUT2D eigenvalue weighted by Crippen LogP contribution is -2.38. The summed E-state index contributed by atoms with van der Waals surface area (Å²) in [4.78, 5) is 27.8. The molecule has 5 heteroatoms. The molecule has 0 aromatic heterocycles. The monoisotopic (exact) mass is 238 g/mol. The van der Waals surface area contributed by atoms with Crippen LogP contribution in [0.3, 0.4) is 0 Å². The number of halogens is 1. The van der Waals surface area contributed by atoms with Crippen molar-refractivity contribution in [1.82, 2.24) is 4.90 Å². The molecule has 2 atom stereocenters. The molecule has 1 aliphatic rings. The predicted octanol–water partition coefficient (Wildman–Crippen LogP) is 1.28. The van der Waals surface area contributed by atoms with E-state index in [1.807, 2.05) is 0 Å². The van der Waals surface area contributed by atoms with E-state index in [9.17, 15) is 14.0 Å². The SMILES string of the molecule is C=C/N=C(\C=C/C)C(=O)[C@@H]1C[C@@H](F)CN1C=O. The van der Waals surface area contributed by atoms with E-state index in [4.69, 9.17) is 0 Å². The molecule has 17 heavy (non-hydrogen) atoms. The van der Waals surface area contributed by atoms with Crippen molar-refractivity contribution in [3.8, 4) is 0 Å². The number of hydrogen-bond donors (Lipinski definition) is 0. The lowest BCUT2D eigenvalue weighted by molar-refractivity contribution is -0.125. The van der Waals surface area contributed by atoms with Gasteiger partial charge in [0.25, 0.3) is 0 Å². The molecule has 0 unspecified atom stereocenters. The van der Waals surface area contributed by atoms with Crippen LogP contribution < -0.4 is 0 Å². The summed E-state index contributed by atoms with van der Waals surface area (Å²) in [5, 5.41) is 0. The first-order chi connectivity index (χ1) is 8.13. The summed E-state index contributed by atoms with van der Waals surface area (Å²) in [5.74, 6) is -0.352. The van der Waals surface area contributed by atoms with Crippen LogP contribution in [0.25, 0.3) is 0 Å². The largest absolute Gasteiger partial charge is 0.332 e. The molecular weight excluding hydrogens is 223 g/mol. The van der Waals surface area contributed by atoms with Gasteiger partial charge in [0.1, 0.15) is 11.9 Å². The maximum absolute atomic E-state index is 13.2. The van der Waals surface area contributed by atoms with Gasteiger partial charge in [0.05, 0.1) is 12.6 Å². The molecule has 92 valence electrons. The lowest BCUT2D eigenvalue weighted by Gasteiger charge is -2.17. The van der Waals surface area contributed by atoms with Crippen LogP contribution in [0, 0.1) is 0 Å². The third-order valence-electron chi connectivity index (χ3n) is 2.53. The zero-order valence-electron chi connectivity index (χ0n) is 9.67. The number of aliphatic imine (C=N–C) groups is 1. The predicted molar refractivity (Wildman–Crippen MR) is 63.5 cm³/mol. The highest BCUT2D eigenvalue weighted by Gasteiger charge is 2.37. The van der Waals surface area contributed by atoms with Gasteiger partial charge in [-0.1, -0.05) is 12.7 Å². The third kappa shape index (κ3) is 3.09. The van der Waals surface area contributed by atoms with Crippen LogP contribution in [0.1, 0.15) is 13.3 Å². The second-order valence-corrected chi connectivity index (χ2v) is 3.71. The zero-order chi connectivity index (χ0) is 12.8. The van der Waals surface area contributed by atoms with Gasteiger partial charge in [0, 0.05) is 12.6 Å². The van der Waals surface area contributed by atoms with Crippen molar-refractivity contribution < 1.29 is 14.0 Å². The van der Waals surface area contributed by atoms with Crippen LogP contribution >= 0.6 is 0 Å². The second kappa shape index (κ2) is 6.08. The molecule has 0 saturated carbocycles. The molecule has 1 heterocycles. The smallest absolute Gasteiger partial charge is 0.210 e. The first kappa shape index (κ1) is 13.3. The number of carbonyl (C=O) groups excluding carboxylic acids is 2. The fourth-order valence-electron chi connectivity index (χ4n) is 1.80. The molecule has 0 aromatic rings. The van der Waals surface area contributed by atoms with Gasteiger partial charge in [0.2, 0.25) is 12.2 Å². The molecule has 0 radical (unpaired) electrons. The topological polar surface area (TPSA) is 49.7 Å². The number of allylic oxidation sites excluding steroid dienone is 2. The molecule has 1 fully saturated rings. The molecule has 0 aromatic carbocycles. The lowest BCUT2D eigenvalue weighted by atomic mass is 10.0. The quantitative estimate of drug-likeness (QED) is 0.535. The summed E-state index contributed by atoms with van der Waals surface area (Å²) in [6.07, 6.45) is 3.82. The Morgan fingerprint density at radius 2 is 2.29 bits per heavy atom. The van der Waals surface area contributed by atoms with Crippen LogP contribution in [0.15, 0.2) is 29.9 Å². The maximum atomic E-state index is 13.2. The van der Waals surface area contributed by atoms with Crippen molar-refractivity contribution in [3.05, 3.63) is 24.9 Å². The van der Waals surface area contributed by atoms with Gasteiger partial charge in [-0.2, -0.15) is 0 Å². The van der Waals surface area contributed by atoms with Gasteiger partial charge >= 0.3 is 0 Å². The normalized spacial score (nSPS) is 25.3. The van der Waals surface area contributed by atoms with Gasteiger partial charge in [-0.15, -0.1) is 0 Å². The summed E-state index contributed by atoms with van der Waals surface area (Å²) >= 11 is 0. The Kier molecular flexibility index (Phi) is 4.75. The highest BCUT2D eigenvalue weighted by molar-refractivity contribution is 6.46. The molecule has 0 bridgehead atoms. The Bertz CT molecular complexity index is 377. The molecule has 0 N–H and O–H groups in total. The standard InChI is InChI=1S/C12H15FN2O2/c1-3-5-10(14-4-2)12(17)11-6-9(13)7-15(11)8-16/h3-5,8-9,11H,2,6-7H2,1H3/b5-3-,14-10+/t9-,11+/m1/s1. The Labute approximate surface area is 99.5 Å². The van der Waals surface area contributed by atoms with Gasteiger partial charge in [-0.25, -0.2) is 4.39 Å². The van der Waals surface area contributed by atoms with Crippen molar-refractivity contribution >= 4 is 17.9 Å². The van der Waals surface area contributed by atoms with E-state index in [0.29, 0.717) is 6.41 Å². The van der Waals surface area contributed by atoms with Crippen LogP contribution in [0.2, 0.25) is 0 Å². The second-order valence-electron chi connectivity index (χ2n) is 3.71. The summed E-state index contributed by atoms with van der Waals surface area (Å²) in [7, 11) is 0. The van der Waals surface area contributed by atoms with Crippen molar-refractivity contribution in [2.45, 2.75) is 25.6 Å². The summed E-state index contributed by atoms with van der Waals surface area (Å²) in [6, 6.07) is -0.752. The maximum Gasteiger partial charge on any atom is 0.210 e. The van der Waals surface area contributed by atoms with Crippen molar-refractivity contribution in [3.63, 3.8) is 0 Å². The Hall–Kier alpha value is -1.78. The van der Waals surface area contributed by atoms with E-state index >= 15 is 0 Å². The molecule has 1 amide bonds. The molecule has 4 nitrogen and oxygen atoms in total. The van der Waals surface area contributed by atoms with Crippen LogP contribution in [0.4, 0.5) is 4.39 Å². The van der Waals surface area contributed by atoms with Gasteiger partial charge in [-0.05, 0) is 13.0 Å². The van der Waals surface area contributed by atoms with Crippen molar-refractivity contribution in [2.75, 3.05) is 6.54 Å². The van der Waals surface area contributed by atoms with Gasteiger partial charge < -0.3 is 4.90 Å². The molecule has 1 aliphatic heterocycles. The fourth-order valence-corrected chi connectivity index (χ4v) is 1.80. The van der Waals surface area contributed by atoms with Crippen LogP contribution in [0.5, 0.6) is 0 Å². The first-order valence-electron chi connectivity index (χ1n) is 5.34. The molecule has 0 spiro atoms. The summed E-state index contributed by atoms with van der Waals surface area (Å²) in [6.45, 7) is 5.13. The van der Waals surface area contributed by atoms with Crippen LogP contribution in [-0.2, 0) is 9.59 Å². The minimum Gasteiger partial charge on any atom is -0.332 e. The van der Waals surface area contributed by atoms with Crippen molar-refractivity contribution in [1.29, 1.82) is 0 Å². The minimum atomic E-state index is -1.15. The molecule has 0 aliphatic carbocycles. The number of hydrogen-bond acceptors (Lipinski definition) is 3. The summed E-state index contributed by atoms with van der Waals surface area (Å²) in [5.41, 5.74) is 0.188. The highest BCUT2D eigenvalue weighted by atomic mass is 19.1. The minimum absolute atomic E-state index is 0.0306. The number of nitrogens with zero attached hydrogens (tertiary/aromatic N) is 2. The van der Waals surface area contributed by atoms with E-state index in [0.717, 1.165) is 0 Å². The van der Waals surface area contributed by atoms with Gasteiger partial charge in [-0.3, -0.25) is 14.6 Å². The molecular formula is C12H15FN2O2. The van der Waals surface area contributed by atoms with Gasteiger partial charge in [0.15, 0.2) is 0 Å². The number of rotatable bonds is 5. The average molecular weight is 238 g/mol. The average Bonchev–Trinajstić information content (AvgIpc) is 2.69. The number of carbonyl (C=O) groups is 2. The number of likely N-dealkylation sites (tertiary alicyclic amines) is 1.